The molecule has 0 unspecified atom stereocenters. The fraction of sp³-hybridized carbons (Fsp3) is 0.333. The van der Waals surface area contributed by atoms with Crippen molar-refractivity contribution in [2.24, 2.45) is 0 Å². The van der Waals surface area contributed by atoms with Crippen molar-refractivity contribution in [2.45, 2.75) is 13.3 Å². The van der Waals surface area contributed by atoms with Crippen molar-refractivity contribution >= 4 is 23.4 Å². The molecular weight excluding hydrogens is 311 g/mol. The summed E-state index contributed by atoms with van der Waals surface area (Å²) < 4.78 is 18.3. The largest absolute Gasteiger partial charge is 0.484 e. The molecule has 0 spiro atoms. The first-order valence-electron chi connectivity index (χ1n) is 6.74. The minimum atomic E-state index is -0.613. The number of carbonyl (C=O) groups is 2. The summed E-state index contributed by atoms with van der Waals surface area (Å²) in [4.78, 5) is 23.0. The molecule has 0 atom stereocenters. The summed E-state index contributed by atoms with van der Waals surface area (Å²) in [5.41, 5.74) is 0.392. The Hall–Kier alpha value is -2.08. The predicted molar refractivity (Wildman–Crippen MR) is 82.4 cm³/mol. The van der Waals surface area contributed by atoms with Crippen molar-refractivity contribution in [3.63, 3.8) is 0 Å². The van der Waals surface area contributed by atoms with Crippen LogP contribution in [0.1, 0.15) is 13.3 Å². The SMILES string of the molecule is C=C(CCNC(=O)COc1ccc(Cl)c(F)c1)C(=O)NCC. The molecule has 0 aliphatic heterocycles. The van der Waals surface area contributed by atoms with Gasteiger partial charge in [0.2, 0.25) is 5.91 Å². The summed E-state index contributed by atoms with van der Waals surface area (Å²) in [6.45, 7) is 5.98. The normalized spacial score (nSPS) is 9.95. The first-order chi connectivity index (χ1) is 10.4. The third-order valence-electron chi connectivity index (χ3n) is 2.67. The Morgan fingerprint density at radius 2 is 2.09 bits per heavy atom. The third kappa shape index (κ3) is 6.13. The minimum absolute atomic E-state index is 0.0133. The lowest BCUT2D eigenvalue weighted by molar-refractivity contribution is -0.123. The Morgan fingerprint density at radius 1 is 1.36 bits per heavy atom. The predicted octanol–water partition coefficient (Wildman–Crippen LogP) is 2.06. The van der Waals surface area contributed by atoms with Crippen LogP contribution in [0.3, 0.4) is 0 Å². The maximum absolute atomic E-state index is 13.2. The second-order valence-corrected chi connectivity index (χ2v) is 4.83. The summed E-state index contributed by atoms with van der Waals surface area (Å²) in [6.07, 6.45) is 0.340. The maximum atomic E-state index is 13.2. The zero-order valence-electron chi connectivity index (χ0n) is 12.2. The molecule has 7 heteroatoms. The number of rotatable bonds is 8. The van der Waals surface area contributed by atoms with E-state index in [-0.39, 0.29) is 35.7 Å². The Bertz CT molecular complexity index is 564. The van der Waals surface area contributed by atoms with E-state index >= 15 is 0 Å². The Morgan fingerprint density at radius 3 is 2.73 bits per heavy atom. The average Bonchev–Trinajstić information content (AvgIpc) is 2.48. The molecule has 2 N–H and O–H groups in total. The molecule has 0 saturated heterocycles. The van der Waals surface area contributed by atoms with Crippen LogP contribution in [0.5, 0.6) is 5.75 Å². The van der Waals surface area contributed by atoms with E-state index < -0.39 is 5.82 Å². The van der Waals surface area contributed by atoms with Gasteiger partial charge in [-0.25, -0.2) is 4.39 Å². The highest BCUT2D eigenvalue weighted by Crippen LogP contribution is 2.20. The highest BCUT2D eigenvalue weighted by atomic mass is 35.5. The van der Waals surface area contributed by atoms with Gasteiger partial charge in [0, 0.05) is 24.7 Å². The molecule has 120 valence electrons. The first kappa shape index (κ1) is 18.0. The highest BCUT2D eigenvalue weighted by Gasteiger charge is 2.08. The number of benzene rings is 1. The van der Waals surface area contributed by atoms with Crippen LogP contribution >= 0.6 is 11.6 Å². The smallest absolute Gasteiger partial charge is 0.257 e. The molecule has 5 nitrogen and oxygen atoms in total. The van der Waals surface area contributed by atoms with Crippen molar-refractivity contribution in [1.82, 2.24) is 10.6 Å². The number of amides is 2. The van der Waals surface area contributed by atoms with Gasteiger partial charge in [-0.05, 0) is 25.5 Å². The first-order valence-corrected chi connectivity index (χ1v) is 7.12. The van der Waals surface area contributed by atoms with Crippen LogP contribution in [-0.4, -0.2) is 31.5 Å². The number of ether oxygens (including phenoxy) is 1. The van der Waals surface area contributed by atoms with Gasteiger partial charge in [0.25, 0.3) is 5.91 Å². The molecule has 1 aromatic carbocycles. The lowest BCUT2D eigenvalue weighted by Gasteiger charge is -2.09. The number of hydrogen-bond acceptors (Lipinski definition) is 3. The van der Waals surface area contributed by atoms with E-state index in [0.29, 0.717) is 18.5 Å². The standard InChI is InChI=1S/C15H18ClFN2O3/c1-3-18-15(21)10(2)6-7-19-14(20)9-22-11-4-5-12(16)13(17)8-11/h4-5,8H,2-3,6-7,9H2,1H3,(H,18,21)(H,19,20). The van der Waals surface area contributed by atoms with E-state index in [1.54, 1.807) is 0 Å². The van der Waals surface area contributed by atoms with Crippen LogP contribution in [0, 0.1) is 5.82 Å². The van der Waals surface area contributed by atoms with E-state index in [2.05, 4.69) is 17.2 Å². The fourth-order valence-corrected chi connectivity index (χ4v) is 1.64. The monoisotopic (exact) mass is 328 g/mol. The van der Waals surface area contributed by atoms with Crippen LogP contribution in [0.25, 0.3) is 0 Å². The molecule has 0 saturated carbocycles. The quantitative estimate of drug-likeness (QED) is 0.718. The van der Waals surface area contributed by atoms with Crippen molar-refractivity contribution in [3.8, 4) is 5.75 Å². The number of halogens is 2. The number of likely N-dealkylation sites (N-methyl/N-ethyl adjacent to an activating group) is 1. The molecule has 0 bridgehead atoms. The molecule has 0 heterocycles. The van der Waals surface area contributed by atoms with Gasteiger partial charge in [-0.3, -0.25) is 9.59 Å². The summed E-state index contributed by atoms with van der Waals surface area (Å²) in [6, 6.07) is 3.92. The Balaban J connectivity index is 2.27. The van der Waals surface area contributed by atoms with E-state index in [4.69, 9.17) is 16.3 Å². The Labute approximate surface area is 133 Å². The lowest BCUT2D eigenvalue weighted by atomic mass is 10.2. The summed E-state index contributed by atoms with van der Waals surface area (Å²) in [5, 5.41) is 5.19. The zero-order chi connectivity index (χ0) is 16.5. The number of hydrogen-bond donors (Lipinski definition) is 2. The van der Waals surface area contributed by atoms with Crippen molar-refractivity contribution in [2.75, 3.05) is 19.7 Å². The fourth-order valence-electron chi connectivity index (χ4n) is 1.52. The lowest BCUT2D eigenvalue weighted by Crippen LogP contribution is -2.31. The minimum Gasteiger partial charge on any atom is -0.484 e. The van der Waals surface area contributed by atoms with E-state index in [1.807, 2.05) is 6.92 Å². The van der Waals surface area contributed by atoms with Gasteiger partial charge >= 0.3 is 0 Å². The second kappa shape index (κ2) is 9.04. The second-order valence-electron chi connectivity index (χ2n) is 4.43. The van der Waals surface area contributed by atoms with Crippen molar-refractivity contribution in [1.29, 1.82) is 0 Å². The van der Waals surface area contributed by atoms with Crippen molar-refractivity contribution < 1.29 is 18.7 Å². The molecule has 0 radical (unpaired) electrons. The molecule has 2 amide bonds. The molecule has 0 aliphatic rings. The molecule has 1 aromatic rings. The molecule has 0 fully saturated rings. The van der Waals surface area contributed by atoms with Gasteiger partial charge in [-0.2, -0.15) is 0 Å². The van der Waals surface area contributed by atoms with Gasteiger partial charge in [0.05, 0.1) is 5.02 Å². The average molecular weight is 329 g/mol. The summed E-state index contributed by atoms with van der Waals surface area (Å²) in [7, 11) is 0. The van der Waals surface area contributed by atoms with Gasteiger partial charge in [-0.1, -0.05) is 18.2 Å². The van der Waals surface area contributed by atoms with Crippen LogP contribution < -0.4 is 15.4 Å². The van der Waals surface area contributed by atoms with Crippen LogP contribution in [0.2, 0.25) is 5.02 Å². The molecular formula is C15H18ClFN2O3. The van der Waals surface area contributed by atoms with Gasteiger partial charge in [-0.15, -0.1) is 0 Å². The van der Waals surface area contributed by atoms with Crippen LogP contribution in [0.4, 0.5) is 4.39 Å². The van der Waals surface area contributed by atoms with E-state index in [1.165, 1.54) is 12.1 Å². The number of carbonyl (C=O) groups excluding carboxylic acids is 2. The van der Waals surface area contributed by atoms with Gasteiger partial charge in [0.15, 0.2) is 6.61 Å². The summed E-state index contributed by atoms with van der Waals surface area (Å²) in [5.74, 6) is -1.01. The molecule has 1 rings (SSSR count). The zero-order valence-corrected chi connectivity index (χ0v) is 13.0. The van der Waals surface area contributed by atoms with Crippen LogP contribution in [0.15, 0.2) is 30.4 Å². The van der Waals surface area contributed by atoms with Crippen LogP contribution in [-0.2, 0) is 9.59 Å². The topological polar surface area (TPSA) is 67.4 Å². The van der Waals surface area contributed by atoms with E-state index in [9.17, 15) is 14.0 Å². The highest BCUT2D eigenvalue weighted by molar-refractivity contribution is 6.30. The molecule has 22 heavy (non-hydrogen) atoms. The van der Waals surface area contributed by atoms with Crippen molar-refractivity contribution in [3.05, 3.63) is 41.2 Å². The molecule has 0 aliphatic carbocycles. The third-order valence-corrected chi connectivity index (χ3v) is 2.97. The maximum Gasteiger partial charge on any atom is 0.257 e. The number of nitrogens with one attached hydrogen (secondary N) is 2. The Kier molecular flexibility index (Phi) is 7.39. The van der Waals surface area contributed by atoms with E-state index in [0.717, 1.165) is 6.07 Å². The van der Waals surface area contributed by atoms with Gasteiger partial charge < -0.3 is 15.4 Å². The summed E-state index contributed by atoms with van der Waals surface area (Å²) >= 11 is 5.54. The van der Waals surface area contributed by atoms with Gasteiger partial charge in [0.1, 0.15) is 11.6 Å². The molecule has 0 aromatic heterocycles.